The van der Waals surface area contributed by atoms with E-state index in [2.05, 4.69) is 36.7 Å². The van der Waals surface area contributed by atoms with Crippen molar-refractivity contribution in [2.45, 2.75) is 46.1 Å². The Labute approximate surface area is 104 Å². The lowest BCUT2D eigenvalue weighted by molar-refractivity contribution is 0.490. The fraction of sp³-hybridized carbons (Fsp3) is 0.667. The first kappa shape index (κ1) is 16.2. The average Bonchev–Trinajstić information content (AvgIpc) is 2.57. The number of aromatic nitrogens is 1. The molecule has 0 fully saturated rings. The summed E-state index contributed by atoms with van der Waals surface area (Å²) in [7, 11) is -3.67. The van der Waals surface area contributed by atoms with Crippen LogP contribution in [0.15, 0.2) is 18.3 Å². The highest BCUT2D eigenvalue weighted by atomic mass is 32.2. The molecule has 5 heteroatoms. The quantitative estimate of drug-likeness (QED) is 0.655. The molecule has 0 unspecified atom stereocenters. The molecule has 0 saturated heterocycles. The maximum absolute atomic E-state index is 9.19. The van der Waals surface area contributed by atoms with E-state index in [4.69, 9.17) is 4.55 Å². The molecule has 17 heavy (non-hydrogen) atoms. The lowest BCUT2D eigenvalue weighted by Gasteiger charge is -2.04. The molecule has 0 aliphatic rings. The summed E-state index contributed by atoms with van der Waals surface area (Å²) in [6.07, 6.45) is 8.27. The number of hydrogen-bond donors (Lipinski definition) is 1. The van der Waals surface area contributed by atoms with Gasteiger partial charge in [0, 0.05) is 18.4 Å². The van der Waals surface area contributed by atoms with E-state index < -0.39 is 10.1 Å². The van der Waals surface area contributed by atoms with E-state index in [1.807, 2.05) is 0 Å². The van der Waals surface area contributed by atoms with Crippen molar-refractivity contribution < 1.29 is 13.0 Å². The first-order chi connectivity index (χ1) is 7.84. The van der Waals surface area contributed by atoms with Gasteiger partial charge in [-0.25, -0.2) is 0 Å². The summed E-state index contributed by atoms with van der Waals surface area (Å²) in [6.45, 7) is 5.61. The highest BCUT2D eigenvalue weighted by Crippen LogP contribution is 2.05. The van der Waals surface area contributed by atoms with Crippen LogP contribution in [-0.4, -0.2) is 23.8 Å². The Morgan fingerprint density at radius 3 is 2.29 bits per heavy atom. The molecule has 1 heterocycles. The summed E-state index contributed by atoms with van der Waals surface area (Å²) in [5.41, 5.74) is 1.38. The predicted molar refractivity (Wildman–Crippen MR) is 70.8 cm³/mol. The van der Waals surface area contributed by atoms with Crippen molar-refractivity contribution >= 4 is 10.1 Å². The van der Waals surface area contributed by atoms with E-state index in [1.54, 1.807) is 0 Å². The molecule has 1 N–H and O–H groups in total. The zero-order chi connectivity index (χ0) is 13.3. The maximum atomic E-state index is 9.19. The van der Waals surface area contributed by atoms with Gasteiger partial charge in [-0.3, -0.25) is 4.55 Å². The number of unbranched alkanes of at least 4 members (excludes halogenated alkanes) is 3. The monoisotopic (exact) mass is 261 g/mol. The molecule has 0 aliphatic carbocycles. The van der Waals surface area contributed by atoms with Crippen LogP contribution in [0.2, 0.25) is 0 Å². The zero-order valence-corrected chi connectivity index (χ0v) is 11.7. The summed E-state index contributed by atoms with van der Waals surface area (Å²) in [5.74, 6) is 0. The fourth-order valence-corrected chi connectivity index (χ4v) is 1.46. The van der Waals surface area contributed by atoms with E-state index in [-0.39, 0.29) is 0 Å². The molecule has 1 aromatic heterocycles. The van der Waals surface area contributed by atoms with E-state index in [9.17, 15) is 8.42 Å². The van der Waals surface area contributed by atoms with Gasteiger partial charge in [0.2, 0.25) is 0 Å². The molecular formula is C12H23NO3S. The summed E-state index contributed by atoms with van der Waals surface area (Å²) < 4.78 is 28.2. The minimum absolute atomic E-state index is 0.715. The molecule has 0 saturated carbocycles. The number of aryl methyl sites for hydroxylation is 2. The molecule has 100 valence electrons. The molecule has 0 spiro atoms. The van der Waals surface area contributed by atoms with Gasteiger partial charge < -0.3 is 4.57 Å². The Morgan fingerprint density at radius 1 is 1.29 bits per heavy atom. The van der Waals surface area contributed by atoms with E-state index in [0.717, 1.165) is 0 Å². The van der Waals surface area contributed by atoms with Gasteiger partial charge in [-0.2, -0.15) is 8.42 Å². The minimum Gasteiger partial charge on any atom is -0.352 e. The van der Waals surface area contributed by atoms with Crippen LogP contribution in [0.1, 0.15) is 38.3 Å². The van der Waals surface area contributed by atoms with E-state index >= 15 is 0 Å². The molecule has 1 aromatic rings. The topological polar surface area (TPSA) is 59.3 Å². The van der Waals surface area contributed by atoms with Crippen molar-refractivity contribution in [2.75, 3.05) is 6.26 Å². The first-order valence-corrected chi connectivity index (χ1v) is 7.73. The Hall–Kier alpha value is -0.810. The third kappa shape index (κ3) is 11.5. The van der Waals surface area contributed by atoms with Crippen molar-refractivity contribution in [1.82, 2.24) is 4.57 Å². The standard InChI is InChI=1S/C11H19N.CH4O3S/c1-3-4-5-6-9-12-10-7-8-11(12)2;1-5(2,3)4/h7-8,10H,3-6,9H2,1-2H3;1H3,(H,2,3,4). The van der Waals surface area contributed by atoms with Gasteiger partial charge in [0.05, 0.1) is 6.26 Å². The van der Waals surface area contributed by atoms with Gasteiger partial charge in [-0.15, -0.1) is 0 Å². The van der Waals surface area contributed by atoms with Crippen molar-refractivity contribution in [1.29, 1.82) is 0 Å². The molecule has 0 aromatic carbocycles. The molecule has 0 aliphatic heterocycles. The molecule has 4 nitrogen and oxygen atoms in total. The predicted octanol–water partition coefficient (Wildman–Crippen LogP) is 2.88. The van der Waals surface area contributed by atoms with Crippen LogP contribution in [0.5, 0.6) is 0 Å². The van der Waals surface area contributed by atoms with Gasteiger partial charge in [-0.1, -0.05) is 26.2 Å². The fourth-order valence-electron chi connectivity index (χ4n) is 1.46. The molecule has 1 rings (SSSR count). The SMILES string of the molecule is CCCCCCn1cccc1C.CS(=O)(=O)O. The summed E-state index contributed by atoms with van der Waals surface area (Å²) in [5, 5.41) is 0. The Kier molecular flexibility index (Phi) is 7.91. The van der Waals surface area contributed by atoms with Crippen LogP contribution >= 0.6 is 0 Å². The largest absolute Gasteiger partial charge is 0.352 e. The normalized spacial score (nSPS) is 10.8. The van der Waals surface area contributed by atoms with Crippen LogP contribution in [-0.2, 0) is 16.7 Å². The number of hydrogen-bond acceptors (Lipinski definition) is 2. The van der Waals surface area contributed by atoms with Gasteiger partial charge >= 0.3 is 0 Å². The first-order valence-electron chi connectivity index (χ1n) is 5.88. The minimum atomic E-state index is -3.67. The third-order valence-electron chi connectivity index (χ3n) is 2.31. The highest BCUT2D eigenvalue weighted by molar-refractivity contribution is 7.85. The van der Waals surface area contributed by atoms with Gasteiger partial charge in [-0.05, 0) is 25.5 Å². The van der Waals surface area contributed by atoms with Gasteiger partial charge in [0.25, 0.3) is 10.1 Å². The third-order valence-corrected chi connectivity index (χ3v) is 2.31. The van der Waals surface area contributed by atoms with Crippen molar-refractivity contribution in [2.24, 2.45) is 0 Å². The second-order valence-electron chi connectivity index (χ2n) is 4.14. The van der Waals surface area contributed by atoms with Crippen molar-refractivity contribution in [3.05, 3.63) is 24.0 Å². The van der Waals surface area contributed by atoms with Crippen molar-refractivity contribution in [3.8, 4) is 0 Å². The van der Waals surface area contributed by atoms with Crippen LogP contribution in [0.25, 0.3) is 0 Å². The summed E-state index contributed by atoms with van der Waals surface area (Å²) in [4.78, 5) is 0. The van der Waals surface area contributed by atoms with E-state index in [0.29, 0.717) is 6.26 Å². The van der Waals surface area contributed by atoms with E-state index in [1.165, 1.54) is 37.9 Å². The number of nitrogens with zero attached hydrogens (tertiary/aromatic N) is 1. The summed E-state index contributed by atoms with van der Waals surface area (Å²) >= 11 is 0. The lowest BCUT2D eigenvalue weighted by atomic mass is 10.2. The Morgan fingerprint density at radius 2 is 1.88 bits per heavy atom. The summed E-state index contributed by atoms with van der Waals surface area (Å²) in [6, 6.07) is 4.29. The van der Waals surface area contributed by atoms with Crippen LogP contribution in [0.3, 0.4) is 0 Å². The molecular weight excluding hydrogens is 238 g/mol. The molecule has 0 radical (unpaired) electrons. The second-order valence-corrected chi connectivity index (χ2v) is 5.60. The van der Waals surface area contributed by atoms with Crippen molar-refractivity contribution in [3.63, 3.8) is 0 Å². The smallest absolute Gasteiger partial charge is 0.261 e. The van der Waals surface area contributed by atoms with Crippen LogP contribution in [0, 0.1) is 6.92 Å². The Bertz CT molecular complexity index is 388. The number of rotatable bonds is 5. The van der Waals surface area contributed by atoms with Crippen LogP contribution in [0.4, 0.5) is 0 Å². The highest BCUT2D eigenvalue weighted by Gasteiger charge is 1.93. The Balaban J connectivity index is 0.000000437. The molecule has 0 amide bonds. The molecule has 0 atom stereocenters. The molecule has 0 bridgehead atoms. The van der Waals surface area contributed by atoms with Gasteiger partial charge in [0.15, 0.2) is 0 Å². The maximum Gasteiger partial charge on any atom is 0.261 e. The average molecular weight is 261 g/mol. The zero-order valence-electron chi connectivity index (χ0n) is 10.9. The second kappa shape index (κ2) is 8.31. The van der Waals surface area contributed by atoms with Crippen LogP contribution < -0.4 is 0 Å². The lowest BCUT2D eigenvalue weighted by Crippen LogP contribution is -1.97. The van der Waals surface area contributed by atoms with Gasteiger partial charge in [0.1, 0.15) is 0 Å².